The standard InChI is InChI=1S/C45H38N4O8.C13H18O6S.C11H14O5/c1-26-12-34-36(46-21-31-16-29-8-4-6-10-38(29)48(31)44(34)51)19-40(26)56-23-27-13-28(15-33(14-27)55-25-43(50)54-3)24-57-42-20-37-35(18-41(42)53-2)45(52)49-32(22-47-37)17-30-9-5-7-11-39(30)49;1-4-10-5-11(8-19-20(3,15)16)7-12(6-10)18-9-13(14)17-2;1-15-11(14)7-16-10-3-8(5-12)2-9(4-10)6-13/h4-15,18-22,31-32H,16-17,23-25H2,1-3H3;5-7H,4,8-9H2,1-3H3;2-4,12-13H,5-7H2,1H3/t31-,32-;;/m0../s1. The Kier molecular flexibility index (Phi) is 22.3. The van der Waals surface area contributed by atoms with Crippen molar-refractivity contribution in [3.8, 4) is 34.5 Å². The Morgan fingerprint density at radius 3 is 1.38 bits per heavy atom. The summed E-state index contributed by atoms with van der Waals surface area (Å²) in [6, 6.07) is 38.1. The molecule has 4 heterocycles. The van der Waals surface area contributed by atoms with Gasteiger partial charge in [0.05, 0.1) is 89.1 Å². The van der Waals surface area contributed by atoms with Gasteiger partial charge in [-0.1, -0.05) is 55.5 Å². The monoisotopic (exact) mass is 1290 g/mol. The number of aliphatic hydroxyl groups is 2. The molecule has 2 atom stereocenters. The summed E-state index contributed by atoms with van der Waals surface area (Å²) in [5.74, 6) is 0.927. The predicted octanol–water partition coefficient (Wildman–Crippen LogP) is 8.79. The molecule has 4 aliphatic rings. The number of anilines is 2. The summed E-state index contributed by atoms with van der Waals surface area (Å²) in [7, 11) is 1.87. The number of amides is 2. The van der Waals surface area contributed by atoms with Gasteiger partial charge in [-0.15, -0.1) is 0 Å². The average Bonchev–Trinajstić information content (AvgIpc) is 1.64. The minimum Gasteiger partial charge on any atom is -0.493 e. The highest BCUT2D eigenvalue weighted by Gasteiger charge is 2.38. The van der Waals surface area contributed by atoms with Gasteiger partial charge in [0.15, 0.2) is 31.3 Å². The average molecular weight is 1290 g/mol. The molecule has 7 aromatic carbocycles. The molecule has 11 rings (SSSR count). The molecular weight excluding hydrogens is 1220 g/mol. The molecule has 0 saturated carbocycles. The maximum atomic E-state index is 13.9. The molecule has 4 aliphatic heterocycles. The maximum Gasteiger partial charge on any atom is 0.343 e. The number of ether oxygens (including phenoxy) is 9. The van der Waals surface area contributed by atoms with Crippen LogP contribution in [-0.4, -0.2) is 127 Å². The Morgan fingerprint density at radius 1 is 0.516 bits per heavy atom. The summed E-state index contributed by atoms with van der Waals surface area (Å²) >= 11 is 0. The summed E-state index contributed by atoms with van der Waals surface area (Å²) in [5, 5.41) is 18.0. The predicted molar refractivity (Wildman–Crippen MR) is 343 cm³/mol. The first-order valence-corrected chi connectivity index (χ1v) is 31.2. The third kappa shape index (κ3) is 17.1. The fourth-order valence-electron chi connectivity index (χ4n) is 10.6. The minimum absolute atomic E-state index is 0.0682. The highest BCUT2D eigenvalue weighted by atomic mass is 32.2. The lowest BCUT2D eigenvalue weighted by atomic mass is 10.1. The summed E-state index contributed by atoms with van der Waals surface area (Å²) in [5.41, 5.74) is 11.1. The van der Waals surface area contributed by atoms with Crippen molar-refractivity contribution >= 4 is 75.0 Å². The number of aliphatic imine (C=N–C) groups is 2. The largest absolute Gasteiger partial charge is 0.493 e. The lowest BCUT2D eigenvalue weighted by Gasteiger charge is -2.22. The van der Waals surface area contributed by atoms with Crippen molar-refractivity contribution in [3.63, 3.8) is 0 Å². The second-order valence-corrected chi connectivity index (χ2v) is 23.3. The second-order valence-electron chi connectivity index (χ2n) is 21.6. The van der Waals surface area contributed by atoms with E-state index in [9.17, 15) is 32.4 Å². The number of nitrogens with zero attached hydrogens (tertiary/aromatic N) is 4. The van der Waals surface area contributed by atoms with Crippen LogP contribution >= 0.6 is 0 Å². The molecule has 2 amide bonds. The van der Waals surface area contributed by atoms with Crippen molar-refractivity contribution in [1.29, 1.82) is 0 Å². The SMILES string of the molecule is CCc1cc(COS(C)(=O)=O)cc(OCC(=O)OC)c1.COC(=O)COc1cc(CO)cc(CO)c1.COC(=O)COc1cc(COc2cc3c(cc2C)C(=O)N2c4ccccc4C[C@H]2C=N3)cc(COc2cc3c(cc2OC)C(=O)N2c4ccccc4C[C@H]2C=N3)c1. The van der Waals surface area contributed by atoms with Crippen LogP contribution in [0.4, 0.5) is 22.7 Å². The molecule has 0 spiro atoms. The first-order valence-electron chi connectivity index (χ1n) is 29.4. The zero-order valence-corrected chi connectivity index (χ0v) is 53.1. The van der Waals surface area contributed by atoms with Gasteiger partial charge in [-0.05, 0) is 130 Å². The van der Waals surface area contributed by atoms with E-state index in [4.69, 9.17) is 57.5 Å². The van der Waals surface area contributed by atoms with E-state index in [2.05, 4.69) is 9.47 Å². The van der Waals surface area contributed by atoms with E-state index in [1.165, 1.54) is 28.4 Å². The number of benzene rings is 7. The Balaban J connectivity index is 0.000000231. The van der Waals surface area contributed by atoms with E-state index in [0.717, 1.165) is 57.4 Å². The smallest absolute Gasteiger partial charge is 0.343 e. The molecule has 0 radical (unpaired) electrons. The number of hydrogen-bond acceptors (Lipinski definition) is 21. The third-order valence-electron chi connectivity index (χ3n) is 15.1. The van der Waals surface area contributed by atoms with E-state index < -0.39 is 28.0 Å². The van der Waals surface area contributed by atoms with Crippen molar-refractivity contribution in [1.82, 2.24) is 0 Å². The number of aliphatic hydroxyl groups excluding tert-OH is 2. The molecule has 0 unspecified atom stereocenters. The highest BCUT2D eigenvalue weighted by Crippen LogP contribution is 2.42. The Morgan fingerprint density at radius 2 is 0.925 bits per heavy atom. The van der Waals surface area contributed by atoms with Gasteiger partial charge in [0, 0.05) is 48.8 Å². The van der Waals surface area contributed by atoms with Crippen LogP contribution in [0.3, 0.4) is 0 Å². The van der Waals surface area contributed by atoms with Gasteiger partial charge in [-0.25, -0.2) is 14.4 Å². The number of aryl methyl sites for hydroxylation is 2. The molecule has 93 heavy (non-hydrogen) atoms. The molecule has 0 aliphatic carbocycles. The molecule has 23 nitrogen and oxygen atoms in total. The fourth-order valence-corrected chi connectivity index (χ4v) is 10.9. The van der Waals surface area contributed by atoms with E-state index >= 15 is 0 Å². The lowest BCUT2D eigenvalue weighted by molar-refractivity contribution is -0.143. The zero-order chi connectivity index (χ0) is 66.3. The molecule has 0 aromatic heterocycles. The first kappa shape index (κ1) is 67.3. The number of carbonyl (C=O) groups excluding carboxylic acids is 5. The van der Waals surface area contributed by atoms with Crippen LogP contribution in [0.1, 0.15) is 77.7 Å². The van der Waals surface area contributed by atoms with Gasteiger partial charge in [-0.3, -0.25) is 33.6 Å². The molecule has 7 aromatic rings. The van der Waals surface area contributed by atoms with Crippen LogP contribution in [0.25, 0.3) is 0 Å². The number of para-hydroxylation sites is 2. The Bertz CT molecular complexity index is 4090. The van der Waals surface area contributed by atoms with Gasteiger partial charge >= 0.3 is 17.9 Å². The number of esters is 3. The van der Waals surface area contributed by atoms with Crippen LogP contribution in [0, 0.1) is 6.92 Å². The molecule has 0 bridgehead atoms. The molecule has 486 valence electrons. The van der Waals surface area contributed by atoms with Crippen molar-refractivity contribution in [2.24, 2.45) is 9.98 Å². The van der Waals surface area contributed by atoms with Gasteiger partial charge in [-0.2, -0.15) is 8.42 Å². The van der Waals surface area contributed by atoms with Crippen molar-refractivity contribution in [3.05, 3.63) is 189 Å². The molecule has 2 N–H and O–H groups in total. The van der Waals surface area contributed by atoms with Gasteiger partial charge in [0.25, 0.3) is 21.9 Å². The molecule has 0 saturated heterocycles. The van der Waals surface area contributed by atoms with Crippen LogP contribution < -0.4 is 38.2 Å². The maximum absolute atomic E-state index is 13.9. The van der Waals surface area contributed by atoms with Crippen LogP contribution in [0.5, 0.6) is 34.5 Å². The van der Waals surface area contributed by atoms with Gasteiger partial charge in [0.2, 0.25) is 0 Å². The first-order chi connectivity index (χ1) is 44.8. The van der Waals surface area contributed by atoms with Crippen molar-refractivity contribution in [2.75, 3.05) is 64.3 Å². The normalized spacial score (nSPS) is 14.5. The molecular formula is C69H70N4O19S. The van der Waals surface area contributed by atoms with Crippen LogP contribution in [-0.2, 0) is 95.2 Å². The Hall–Kier alpha value is -10.1. The van der Waals surface area contributed by atoms with Gasteiger partial charge in [0.1, 0.15) is 36.2 Å². The number of methoxy groups -OCH3 is 4. The van der Waals surface area contributed by atoms with Crippen molar-refractivity contribution in [2.45, 2.75) is 78.2 Å². The quantitative estimate of drug-likeness (QED) is 0.0364. The third-order valence-corrected chi connectivity index (χ3v) is 15.6. The number of hydrogen-bond donors (Lipinski definition) is 2. The van der Waals surface area contributed by atoms with Gasteiger partial charge < -0.3 is 52.8 Å². The summed E-state index contributed by atoms with van der Waals surface area (Å²) < 4.78 is 75.0. The molecule has 0 fully saturated rings. The van der Waals surface area contributed by atoms with E-state index in [1.807, 2.05) is 97.9 Å². The number of rotatable bonds is 22. The zero-order valence-electron chi connectivity index (χ0n) is 52.2. The fraction of sp³-hybridized carbons (Fsp3) is 0.290. The van der Waals surface area contributed by atoms with Crippen LogP contribution in [0.2, 0.25) is 0 Å². The summed E-state index contributed by atoms with van der Waals surface area (Å²) in [6.45, 7) is 3.04. The van der Waals surface area contributed by atoms with E-state index in [0.29, 0.717) is 86.5 Å². The number of fused-ring (bicyclic) bond motifs is 8. The minimum atomic E-state index is -3.50. The number of carbonyl (C=O) groups is 5. The lowest BCUT2D eigenvalue weighted by Crippen LogP contribution is -2.37. The topological polar surface area (TPSA) is 283 Å². The van der Waals surface area contributed by atoms with E-state index in [1.54, 1.807) is 65.6 Å². The van der Waals surface area contributed by atoms with E-state index in [-0.39, 0.29) is 76.8 Å². The second kappa shape index (κ2) is 30.8. The Labute approximate surface area is 537 Å². The summed E-state index contributed by atoms with van der Waals surface area (Å²) in [6.07, 6.45) is 6.79. The highest BCUT2D eigenvalue weighted by molar-refractivity contribution is 7.85. The summed E-state index contributed by atoms with van der Waals surface area (Å²) in [4.78, 5) is 74.6. The van der Waals surface area contributed by atoms with Crippen molar-refractivity contribution < 1.29 is 89.4 Å². The molecule has 24 heteroatoms. The van der Waals surface area contributed by atoms with Crippen LogP contribution in [0.15, 0.2) is 137 Å².